The molecular formula is C26H27N5. The molecule has 2 N–H and O–H groups in total. The fourth-order valence-electron chi connectivity index (χ4n) is 3.41. The summed E-state index contributed by atoms with van der Waals surface area (Å²) in [7, 11) is 0. The quantitative estimate of drug-likeness (QED) is 0.331. The highest BCUT2D eigenvalue weighted by Crippen LogP contribution is 2.22. The van der Waals surface area contributed by atoms with Crippen LogP contribution >= 0.6 is 0 Å². The molecule has 3 rings (SSSR count). The first-order valence-electron chi connectivity index (χ1n) is 10.0. The van der Waals surface area contributed by atoms with Crippen LogP contribution in [0.2, 0.25) is 0 Å². The maximum absolute atomic E-state index is 7.49. The summed E-state index contributed by atoms with van der Waals surface area (Å²) >= 11 is 0. The Labute approximate surface area is 183 Å². The lowest BCUT2D eigenvalue weighted by Gasteiger charge is -2.09. The number of nitrogens with one attached hydrogen (secondary N) is 2. The maximum atomic E-state index is 7.49. The fourth-order valence-corrected chi connectivity index (χ4v) is 3.41. The number of aromatic nitrogens is 1. The molecule has 5 heteroatoms. The van der Waals surface area contributed by atoms with Crippen molar-refractivity contribution in [3.63, 3.8) is 0 Å². The number of nitrogens with zero attached hydrogens (tertiary/aromatic N) is 3. The molecule has 0 aliphatic heterocycles. The molecule has 1 aromatic heterocycles. The summed E-state index contributed by atoms with van der Waals surface area (Å²) in [5.74, 6) is 0.689. The first-order chi connectivity index (χ1) is 15.1. The van der Waals surface area contributed by atoms with E-state index in [0.717, 1.165) is 33.6 Å². The number of fused-ring (bicyclic) bond motifs is 1. The van der Waals surface area contributed by atoms with E-state index in [1.165, 1.54) is 11.6 Å². The van der Waals surface area contributed by atoms with Gasteiger partial charge in [0, 0.05) is 35.4 Å². The van der Waals surface area contributed by atoms with Gasteiger partial charge in [-0.3, -0.25) is 9.98 Å². The van der Waals surface area contributed by atoms with Crippen molar-refractivity contribution in [3.05, 3.63) is 90.3 Å². The van der Waals surface area contributed by atoms with Crippen LogP contribution in [-0.2, 0) is 6.54 Å². The van der Waals surface area contributed by atoms with Crippen LogP contribution in [0.5, 0.6) is 0 Å². The topological polar surface area (TPSA) is 65.5 Å². The van der Waals surface area contributed by atoms with E-state index in [0.29, 0.717) is 12.4 Å². The highest BCUT2D eigenvalue weighted by atomic mass is 15.0. The second-order valence-corrected chi connectivity index (χ2v) is 7.02. The zero-order valence-corrected chi connectivity index (χ0v) is 18.0. The summed E-state index contributed by atoms with van der Waals surface area (Å²) in [6.07, 6.45) is 8.52. The molecule has 0 bridgehead atoms. The van der Waals surface area contributed by atoms with Crippen molar-refractivity contribution in [2.45, 2.75) is 20.4 Å². The predicted octanol–water partition coefficient (Wildman–Crippen LogP) is 6.33. The molecule has 0 unspecified atom stereocenters. The number of aliphatic imine (C=N–C) groups is 2. The van der Waals surface area contributed by atoms with Crippen molar-refractivity contribution in [2.24, 2.45) is 9.98 Å². The van der Waals surface area contributed by atoms with Gasteiger partial charge in [-0.15, -0.1) is 0 Å². The Morgan fingerprint density at radius 3 is 2.58 bits per heavy atom. The molecule has 156 valence electrons. The molecule has 0 saturated heterocycles. The average molecular weight is 410 g/mol. The Bertz CT molecular complexity index is 1190. The van der Waals surface area contributed by atoms with Crippen molar-refractivity contribution in [1.82, 2.24) is 4.57 Å². The lowest BCUT2D eigenvalue weighted by molar-refractivity contribution is 1.06. The van der Waals surface area contributed by atoms with E-state index in [2.05, 4.69) is 59.4 Å². The van der Waals surface area contributed by atoms with E-state index in [9.17, 15) is 0 Å². The predicted molar refractivity (Wildman–Crippen MR) is 135 cm³/mol. The molecule has 1 heterocycles. The Morgan fingerprint density at radius 2 is 1.94 bits per heavy atom. The molecule has 0 aliphatic carbocycles. The monoisotopic (exact) mass is 409 g/mol. The number of benzene rings is 2. The third kappa shape index (κ3) is 5.14. The highest BCUT2D eigenvalue weighted by Gasteiger charge is 2.05. The van der Waals surface area contributed by atoms with Gasteiger partial charge in [-0.2, -0.15) is 0 Å². The molecule has 31 heavy (non-hydrogen) atoms. The van der Waals surface area contributed by atoms with Gasteiger partial charge in [0.15, 0.2) is 0 Å². The van der Waals surface area contributed by atoms with Gasteiger partial charge in [0.05, 0.1) is 12.1 Å². The molecule has 0 atom stereocenters. The number of aryl methyl sites for hydroxylation is 1. The lowest BCUT2D eigenvalue weighted by Crippen LogP contribution is -2.09. The highest BCUT2D eigenvalue weighted by molar-refractivity contribution is 6.08. The van der Waals surface area contributed by atoms with Crippen LogP contribution in [0.3, 0.4) is 0 Å². The van der Waals surface area contributed by atoms with Gasteiger partial charge >= 0.3 is 0 Å². The summed E-state index contributed by atoms with van der Waals surface area (Å²) in [5, 5.41) is 12.0. The van der Waals surface area contributed by atoms with Crippen LogP contribution in [0.4, 0.5) is 5.69 Å². The second-order valence-electron chi connectivity index (χ2n) is 7.02. The largest absolute Gasteiger partial charge is 0.340 e. The Balaban J connectivity index is 1.83. The number of hydrogen-bond donors (Lipinski definition) is 2. The van der Waals surface area contributed by atoms with Crippen LogP contribution in [0, 0.1) is 12.3 Å². The van der Waals surface area contributed by atoms with E-state index in [4.69, 9.17) is 10.4 Å². The minimum atomic E-state index is 0.524. The third-order valence-corrected chi connectivity index (χ3v) is 5.01. The zero-order valence-electron chi connectivity index (χ0n) is 18.0. The normalized spacial score (nSPS) is 12.3. The van der Waals surface area contributed by atoms with Crippen molar-refractivity contribution in [3.8, 4) is 0 Å². The zero-order chi connectivity index (χ0) is 22.2. The molecule has 0 radical (unpaired) electrons. The fraction of sp³-hybridized carbons (Fsp3) is 0.115. The minimum Gasteiger partial charge on any atom is -0.340 e. The molecule has 3 aromatic rings. The average Bonchev–Trinajstić information content (AvgIpc) is 3.11. The van der Waals surface area contributed by atoms with E-state index in [-0.39, 0.29) is 0 Å². The van der Waals surface area contributed by atoms with E-state index in [1.807, 2.05) is 43.5 Å². The summed E-state index contributed by atoms with van der Waals surface area (Å²) in [6, 6.07) is 16.4. The standard InChI is InChI=1S/C26H27N5/c1-5-21(17-27)22-9-11-24(12-10-22)30-26(13-14-28-4)29-18-20-7-8-23-15-19(3)31(6-2)25(23)16-20/h5-17,27H,2,4,18H2,1,3H3,(H,29,30)/b14-13-,21-5+,27-17?. The number of amidine groups is 1. The van der Waals surface area contributed by atoms with Gasteiger partial charge in [0.2, 0.25) is 0 Å². The number of hydrogen-bond acceptors (Lipinski definition) is 3. The van der Waals surface area contributed by atoms with Crippen LogP contribution in [0.25, 0.3) is 22.7 Å². The molecule has 0 spiro atoms. The maximum Gasteiger partial charge on any atom is 0.127 e. The van der Waals surface area contributed by atoms with Gasteiger partial charge < -0.3 is 15.3 Å². The Hall–Kier alpha value is -3.99. The summed E-state index contributed by atoms with van der Waals surface area (Å²) in [4.78, 5) is 8.53. The third-order valence-electron chi connectivity index (χ3n) is 5.01. The van der Waals surface area contributed by atoms with E-state index < -0.39 is 0 Å². The van der Waals surface area contributed by atoms with Gasteiger partial charge in [0.1, 0.15) is 5.84 Å². The van der Waals surface area contributed by atoms with Gasteiger partial charge in [-0.25, -0.2) is 0 Å². The molecule has 5 nitrogen and oxygen atoms in total. The Kier molecular flexibility index (Phi) is 7.12. The van der Waals surface area contributed by atoms with Crippen molar-refractivity contribution in [1.29, 1.82) is 5.41 Å². The first kappa shape index (κ1) is 21.7. The van der Waals surface area contributed by atoms with Crippen LogP contribution in [0.1, 0.15) is 23.7 Å². The van der Waals surface area contributed by atoms with Crippen LogP contribution in [-0.4, -0.2) is 23.3 Å². The molecule has 2 aromatic carbocycles. The molecular weight excluding hydrogens is 382 g/mol. The number of anilines is 1. The van der Waals surface area contributed by atoms with Crippen LogP contribution < -0.4 is 5.32 Å². The number of allylic oxidation sites excluding steroid dienone is 2. The summed E-state index contributed by atoms with van der Waals surface area (Å²) in [6.45, 7) is 11.9. The van der Waals surface area contributed by atoms with Crippen LogP contribution in [0.15, 0.2) is 83.4 Å². The van der Waals surface area contributed by atoms with Gasteiger partial charge in [-0.05, 0) is 67.6 Å². The van der Waals surface area contributed by atoms with Crippen molar-refractivity contribution < 1.29 is 0 Å². The summed E-state index contributed by atoms with van der Waals surface area (Å²) in [5.41, 5.74) is 6.17. The molecule has 0 amide bonds. The smallest absolute Gasteiger partial charge is 0.127 e. The minimum absolute atomic E-state index is 0.524. The Morgan fingerprint density at radius 1 is 1.16 bits per heavy atom. The van der Waals surface area contributed by atoms with Crippen molar-refractivity contribution >= 4 is 47.1 Å². The summed E-state index contributed by atoms with van der Waals surface area (Å²) < 4.78 is 2.08. The second kappa shape index (κ2) is 10.2. The van der Waals surface area contributed by atoms with Gasteiger partial charge in [-0.1, -0.05) is 36.9 Å². The van der Waals surface area contributed by atoms with E-state index >= 15 is 0 Å². The van der Waals surface area contributed by atoms with Gasteiger partial charge in [0.25, 0.3) is 0 Å². The molecule has 0 saturated carbocycles. The lowest BCUT2D eigenvalue weighted by atomic mass is 10.1. The molecule has 0 fully saturated rings. The molecule has 0 aliphatic rings. The van der Waals surface area contributed by atoms with E-state index in [1.54, 1.807) is 12.3 Å². The SMILES string of the molecule is C=Cn1c(C)cc2ccc(C/N=C(\C=C/N=C)Nc3ccc(/C(C=N)=C/C)cc3)cc21. The number of rotatable bonds is 8. The first-order valence-corrected chi connectivity index (χ1v) is 10.0. The van der Waals surface area contributed by atoms with Crippen molar-refractivity contribution in [2.75, 3.05) is 5.32 Å².